The lowest BCUT2D eigenvalue weighted by Crippen LogP contribution is -2.25. The summed E-state index contributed by atoms with van der Waals surface area (Å²) in [6.45, 7) is 6.02. The van der Waals surface area contributed by atoms with Crippen LogP contribution in [0, 0.1) is 5.41 Å². The first-order valence-corrected chi connectivity index (χ1v) is 14.2. The minimum atomic E-state index is -0.672. The summed E-state index contributed by atoms with van der Waals surface area (Å²) in [7, 11) is 0. The number of benzene rings is 4. The van der Waals surface area contributed by atoms with Gasteiger partial charge in [0.2, 0.25) is 11.8 Å². The van der Waals surface area contributed by atoms with Crippen LogP contribution in [0.3, 0.4) is 0 Å². The highest BCUT2D eigenvalue weighted by Crippen LogP contribution is 2.38. The van der Waals surface area contributed by atoms with Crippen LogP contribution in [-0.4, -0.2) is 23.4 Å². The Kier molecular flexibility index (Phi) is 7.90. The number of hydrogen-bond donors (Lipinski definition) is 2. The van der Waals surface area contributed by atoms with E-state index >= 15 is 0 Å². The summed E-state index contributed by atoms with van der Waals surface area (Å²) in [6, 6.07) is 28.4. The molecule has 1 atom stereocenters. The smallest absolute Gasteiger partial charge is 0.242 e. The normalized spacial score (nSPS) is 13.1. The van der Waals surface area contributed by atoms with Gasteiger partial charge in [0.15, 0.2) is 11.6 Å². The highest BCUT2D eigenvalue weighted by Gasteiger charge is 2.32. The first kappa shape index (κ1) is 28.1. The van der Waals surface area contributed by atoms with Crippen LogP contribution >= 0.6 is 11.8 Å². The van der Waals surface area contributed by atoms with Crippen molar-refractivity contribution in [2.75, 3.05) is 10.6 Å². The van der Waals surface area contributed by atoms with E-state index < -0.39 is 5.25 Å². The fourth-order valence-electron chi connectivity index (χ4n) is 4.82. The summed E-state index contributed by atoms with van der Waals surface area (Å²) in [6.07, 6.45) is 0.381. The number of ketones is 2. The number of amides is 2. The molecular weight excluding hydrogens is 532 g/mol. The van der Waals surface area contributed by atoms with Crippen molar-refractivity contribution in [2.24, 2.45) is 5.41 Å². The number of carbonyl (C=O) groups excluding carboxylic acids is 4. The molecule has 2 amide bonds. The summed E-state index contributed by atoms with van der Waals surface area (Å²) >= 11 is 1.34. The highest BCUT2D eigenvalue weighted by atomic mass is 32.2. The summed E-state index contributed by atoms with van der Waals surface area (Å²) < 4.78 is 0. The lowest BCUT2D eigenvalue weighted by molar-refractivity contribution is -0.118. The standard InChI is InChI=1S/C34H30N2O4S/c1-34(2,3)20-28(37)35-22-13-9-14-23(19-22)41-32(21-11-5-4-6-12-21)33(40)36-27-18-10-17-26-29(27)31(39)25-16-8-7-15-24(25)30(26)38/h4-19,32H,20H2,1-3H3,(H,35,37)(H,36,40). The number of fused-ring (bicyclic) bond motifs is 2. The van der Waals surface area contributed by atoms with Crippen LogP contribution in [0.15, 0.2) is 102 Å². The van der Waals surface area contributed by atoms with E-state index in [1.165, 1.54) is 11.8 Å². The second kappa shape index (κ2) is 11.6. The summed E-state index contributed by atoms with van der Waals surface area (Å²) in [5, 5.41) is 5.22. The highest BCUT2D eigenvalue weighted by molar-refractivity contribution is 8.00. The Labute approximate surface area is 243 Å². The van der Waals surface area contributed by atoms with Gasteiger partial charge in [0.25, 0.3) is 0 Å². The third kappa shape index (κ3) is 6.31. The van der Waals surface area contributed by atoms with Crippen molar-refractivity contribution in [3.8, 4) is 0 Å². The molecule has 5 rings (SSSR count). The second-order valence-corrected chi connectivity index (χ2v) is 12.3. The number of nitrogens with one attached hydrogen (secondary N) is 2. The van der Waals surface area contributed by atoms with Crippen molar-refractivity contribution < 1.29 is 19.2 Å². The molecule has 0 aliphatic heterocycles. The molecule has 0 spiro atoms. The van der Waals surface area contributed by atoms with E-state index in [0.29, 0.717) is 28.9 Å². The van der Waals surface area contributed by atoms with Crippen molar-refractivity contribution in [1.29, 1.82) is 0 Å². The molecule has 1 aliphatic rings. The van der Waals surface area contributed by atoms with Gasteiger partial charge in [0, 0.05) is 33.7 Å². The van der Waals surface area contributed by atoms with Gasteiger partial charge in [0.05, 0.1) is 11.3 Å². The van der Waals surface area contributed by atoms with Gasteiger partial charge in [-0.1, -0.05) is 93.6 Å². The summed E-state index contributed by atoms with van der Waals surface area (Å²) in [4.78, 5) is 53.8. The van der Waals surface area contributed by atoms with Gasteiger partial charge < -0.3 is 10.6 Å². The van der Waals surface area contributed by atoms with Gasteiger partial charge in [0.1, 0.15) is 5.25 Å². The van der Waals surface area contributed by atoms with Gasteiger partial charge >= 0.3 is 0 Å². The zero-order valence-electron chi connectivity index (χ0n) is 23.1. The number of anilines is 2. The molecule has 7 heteroatoms. The van der Waals surface area contributed by atoms with Gasteiger partial charge in [-0.25, -0.2) is 0 Å². The molecule has 0 saturated heterocycles. The Morgan fingerprint density at radius 1 is 0.732 bits per heavy atom. The Hall–Kier alpha value is -4.49. The van der Waals surface area contributed by atoms with Gasteiger partial charge in [-0.15, -0.1) is 11.8 Å². The van der Waals surface area contributed by atoms with Crippen molar-refractivity contribution in [3.63, 3.8) is 0 Å². The Balaban J connectivity index is 1.43. The van der Waals surface area contributed by atoms with Crippen molar-refractivity contribution in [1.82, 2.24) is 0 Å². The second-order valence-electron chi connectivity index (χ2n) is 11.1. The lowest BCUT2D eigenvalue weighted by atomic mass is 9.83. The molecule has 1 unspecified atom stereocenters. The largest absolute Gasteiger partial charge is 0.326 e. The third-order valence-electron chi connectivity index (χ3n) is 6.61. The minimum Gasteiger partial charge on any atom is -0.326 e. The Morgan fingerprint density at radius 3 is 2.07 bits per heavy atom. The maximum Gasteiger partial charge on any atom is 0.242 e. The van der Waals surface area contributed by atoms with Crippen LogP contribution in [0.1, 0.15) is 69.8 Å². The fourth-order valence-corrected chi connectivity index (χ4v) is 5.90. The monoisotopic (exact) mass is 562 g/mol. The van der Waals surface area contributed by atoms with Gasteiger partial charge in [-0.3, -0.25) is 19.2 Å². The Morgan fingerprint density at radius 2 is 1.37 bits per heavy atom. The first-order valence-electron chi connectivity index (χ1n) is 13.3. The van der Waals surface area contributed by atoms with Crippen molar-refractivity contribution in [3.05, 3.63) is 125 Å². The molecule has 0 bridgehead atoms. The molecule has 4 aromatic carbocycles. The molecule has 206 valence electrons. The van der Waals surface area contributed by atoms with Crippen LogP contribution in [-0.2, 0) is 9.59 Å². The molecule has 0 fully saturated rings. The zero-order chi connectivity index (χ0) is 29.1. The summed E-state index contributed by atoms with van der Waals surface area (Å²) in [5.74, 6) is -0.957. The minimum absolute atomic E-state index is 0.0772. The SMILES string of the molecule is CC(C)(C)CC(=O)Nc1cccc(SC(C(=O)Nc2cccc3c2C(=O)c2ccccc2C3=O)c2ccccc2)c1. The summed E-state index contributed by atoms with van der Waals surface area (Å²) in [5.41, 5.74) is 2.74. The van der Waals surface area contributed by atoms with E-state index in [4.69, 9.17) is 0 Å². The molecule has 0 aromatic heterocycles. The van der Waals surface area contributed by atoms with Crippen molar-refractivity contribution >= 4 is 46.5 Å². The molecule has 0 heterocycles. The van der Waals surface area contributed by atoms with Crippen LogP contribution in [0.25, 0.3) is 0 Å². The van der Waals surface area contributed by atoms with Crippen LogP contribution in [0.4, 0.5) is 11.4 Å². The predicted molar refractivity (Wildman–Crippen MR) is 163 cm³/mol. The fraction of sp³-hybridized carbons (Fsp3) is 0.176. The van der Waals surface area contributed by atoms with E-state index in [1.807, 2.05) is 75.4 Å². The number of rotatable bonds is 7. The first-order chi connectivity index (χ1) is 19.6. The number of thioether (sulfide) groups is 1. The van der Waals surface area contributed by atoms with Crippen molar-refractivity contribution in [2.45, 2.75) is 37.3 Å². The molecule has 1 aliphatic carbocycles. The number of carbonyl (C=O) groups is 4. The van der Waals surface area contributed by atoms with Gasteiger partial charge in [-0.05, 0) is 35.2 Å². The van der Waals surface area contributed by atoms with Crippen LogP contribution in [0.2, 0.25) is 0 Å². The molecule has 41 heavy (non-hydrogen) atoms. The Bertz CT molecular complexity index is 1660. The van der Waals surface area contributed by atoms with Crippen LogP contribution in [0.5, 0.6) is 0 Å². The quantitative estimate of drug-likeness (QED) is 0.203. The van der Waals surface area contributed by atoms with E-state index in [2.05, 4.69) is 10.6 Å². The van der Waals surface area contributed by atoms with E-state index in [1.54, 1.807) is 42.5 Å². The lowest BCUT2D eigenvalue weighted by Gasteiger charge is -2.22. The molecule has 0 saturated carbocycles. The van der Waals surface area contributed by atoms with E-state index in [9.17, 15) is 19.2 Å². The topological polar surface area (TPSA) is 92.3 Å². The van der Waals surface area contributed by atoms with Crippen LogP contribution < -0.4 is 10.6 Å². The molecule has 4 aromatic rings. The van der Waals surface area contributed by atoms with E-state index in [-0.39, 0.29) is 39.9 Å². The van der Waals surface area contributed by atoms with E-state index in [0.717, 1.165) is 10.5 Å². The van der Waals surface area contributed by atoms with Gasteiger partial charge in [-0.2, -0.15) is 0 Å². The third-order valence-corrected chi connectivity index (χ3v) is 7.86. The predicted octanol–water partition coefficient (Wildman–Crippen LogP) is 7.31. The average Bonchev–Trinajstić information content (AvgIpc) is 2.94. The molecule has 2 N–H and O–H groups in total. The molecule has 6 nitrogen and oxygen atoms in total. The number of hydrogen-bond acceptors (Lipinski definition) is 5. The molecule has 0 radical (unpaired) electrons. The maximum absolute atomic E-state index is 13.9. The zero-order valence-corrected chi connectivity index (χ0v) is 23.9. The molecular formula is C34H30N2O4S. The maximum atomic E-state index is 13.9. The average molecular weight is 563 g/mol.